The van der Waals surface area contributed by atoms with Crippen molar-refractivity contribution < 1.29 is 14.3 Å². The number of hydrogen-bond donors (Lipinski definition) is 0. The summed E-state index contributed by atoms with van der Waals surface area (Å²) < 4.78 is 12.7. The van der Waals surface area contributed by atoms with Crippen LogP contribution in [0.5, 0.6) is 5.75 Å². The van der Waals surface area contributed by atoms with Gasteiger partial charge in [-0.1, -0.05) is 29.3 Å². The minimum absolute atomic E-state index is 0.314. The van der Waals surface area contributed by atoms with Crippen molar-refractivity contribution in [1.82, 2.24) is 9.38 Å². The second kappa shape index (κ2) is 8.63. The fourth-order valence-electron chi connectivity index (χ4n) is 2.88. The summed E-state index contributed by atoms with van der Waals surface area (Å²) in [7, 11) is 0. The molecule has 0 fully saturated rings. The van der Waals surface area contributed by atoms with Crippen LogP contribution in [0.15, 0.2) is 36.5 Å². The SMILES string of the molecule is CCOC(=O)c1c(C)nc2c(OCCCc3ccc(Cl)cc3Cl)cccn12. The Morgan fingerprint density at radius 1 is 1.26 bits per heavy atom. The van der Waals surface area contributed by atoms with Gasteiger partial charge >= 0.3 is 5.97 Å². The number of halogens is 2. The molecular formula is C20H20Cl2N2O3. The van der Waals surface area contributed by atoms with Gasteiger partial charge in [-0.3, -0.25) is 4.40 Å². The first kappa shape index (κ1) is 19.5. The molecule has 2 heterocycles. The lowest BCUT2D eigenvalue weighted by atomic mass is 10.1. The predicted molar refractivity (Wildman–Crippen MR) is 106 cm³/mol. The van der Waals surface area contributed by atoms with Gasteiger partial charge in [-0.25, -0.2) is 9.78 Å². The summed E-state index contributed by atoms with van der Waals surface area (Å²) in [6, 6.07) is 9.15. The van der Waals surface area contributed by atoms with E-state index in [0.29, 0.717) is 46.0 Å². The highest BCUT2D eigenvalue weighted by Gasteiger charge is 2.19. The van der Waals surface area contributed by atoms with Crippen molar-refractivity contribution in [1.29, 1.82) is 0 Å². The molecule has 0 saturated heterocycles. The molecule has 5 nitrogen and oxygen atoms in total. The monoisotopic (exact) mass is 406 g/mol. The van der Waals surface area contributed by atoms with Gasteiger partial charge in [0.1, 0.15) is 0 Å². The van der Waals surface area contributed by atoms with E-state index in [4.69, 9.17) is 32.7 Å². The molecule has 27 heavy (non-hydrogen) atoms. The number of pyridine rings is 1. The van der Waals surface area contributed by atoms with Crippen LogP contribution in [0.1, 0.15) is 35.1 Å². The van der Waals surface area contributed by atoms with Crippen molar-refractivity contribution in [2.75, 3.05) is 13.2 Å². The van der Waals surface area contributed by atoms with E-state index < -0.39 is 5.97 Å². The molecule has 0 aliphatic rings. The lowest BCUT2D eigenvalue weighted by molar-refractivity contribution is 0.0517. The summed E-state index contributed by atoms with van der Waals surface area (Å²) >= 11 is 12.1. The average Bonchev–Trinajstić information content (AvgIpc) is 2.97. The maximum atomic E-state index is 12.2. The summed E-state index contributed by atoms with van der Waals surface area (Å²) in [4.78, 5) is 16.7. The summed E-state index contributed by atoms with van der Waals surface area (Å²) in [5, 5.41) is 1.28. The summed E-state index contributed by atoms with van der Waals surface area (Å²) in [5.41, 5.74) is 2.66. The number of ether oxygens (including phenoxy) is 2. The van der Waals surface area contributed by atoms with Gasteiger partial charge in [-0.2, -0.15) is 0 Å². The highest BCUT2D eigenvalue weighted by Crippen LogP contribution is 2.24. The molecule has 0 radical (unpaired) electrons. The molecule has 3 rings (SSSR count). The molecule has 1 aromatic carbocycles. The minimum Gasteiger partial charge on any atom is -0.490 e. The molecule has 7 heteroatoms. The van der Waals surface area contributed by atoms with Gasteiger partial charge in [0.05, 0.1) is 18.9 Å². The number of aryl methyl sites for hydroxylation is 2. The molecular weight excluding hydrogens is 387 g/mol. The van der Waals surface area contributed by atoms with E-state index in [2.05, 4.69) is 4.98 Å². The van der Waals surface area contributed by atoms with Gasteiger partial charge in [0.25, 0.3) is 0 Å². The molecule has 2 aromatic heterocycles. The van der Waals surface area contributed by atoms with Crippen LogP contribution in [0.2, 0.25) is 10.0 Å². The van der Waals surface area contributed by atoms with Crippen molar-refractivity contribution >= 4 is 34.8 Å². The number of imidazole rings is 1. The molecule has 0 aliphatic heterocycles. The first-order valence-corrected chi connectivity index (χ1v) is 9.48. The predicted octanol–water partition coefficient (Wildman–Crippen LogP) is 5.14. The normalized spacial score (nSPS) is 11.0. The molecule has 3 aromatic rings. The first-order valence-electron chi connectivity index (χ1n) is 8.72. The van der Waals surface area contributed by atoms with Gasteiger partial charge in [0, 0.05) is 16.2 Å². The number of aromatic nitrogens is 2. The third-order valence-electron chi connectivity index (χ3n) is 4.12. The summed E-state index contributed by atoms with van der Waals surface area (Å²) in [5.74, 6) is 0.232. The number of esters is 1. The number of carbonyl (C=O) groups excluding carboxylic acids is 1. The fourth-order valence-corrected chi connectivity index (χ4v) is 3.39. The largest absolute Gasteiger partial charge is 0.490 e. The lowest BCUT2D eigenvalue weighted by Gasteiger charge is -2.09. The van der Waals surface area contributed by atoms with Crippen molar-refractivity contribution in [2.45, 2.75) is 26.7 Å². The number of nitrogens with zero attached hydrogens (tertiary/aromatic N) is 2. The van der Waals surface area contributed by atoms with E-state index in [1.165, 1.54) is 0 Å². The summed E-state index contributed by atoms with van der Waals surface area (Å²) in [6.07, 6.45) is 3.34. The second-order valence-electron chi connectivity index (χ2n) is 6.02. The zero-order chi connectivity index (χ0) is 19.4. The molecule has 0 N–H and O–H groups in total. The minimum atomic E-state index is -0.392. The van der Waals surface area contributed by atoms with Gasteiger partial charge in [-0.15, -0.1) is 0 Å². The van der Waals surface area contributed by atoms with Gasteiger partial charge in [0.2, 0.25) is 0 Å². The quantitative estimate of drug-likeness (QED) is 0.402. The Bertz CT molecular complexity index is 969. The molecule has 0 atom stereocenters. The van der Waals surface area contributed by atoms with Gasteiger partial charge in [-0.05, 0) is 56.5 Å². The molecule has 0 unspecified atom stereocenters. The maximum absolute atomic E-state index is 12.2. The van der Waals surface area contributed by atoms with E-state index in [1.54, 1.807) is 30.5 Å². The zero-order valence-corrected chi connectivity index (χ0v) is 16.7. The molecule has 0 bridgehead atoms. The highest BCUT2D eigenvalue weighted by atomic mass is 35.5. The zero-order valence-electron chi connectivity index (χ0n) is 15.2. The van der Waals surface area contributed by atoms with Crippen LogP contribution in [-0.2, 0) is 11.2 Å². The van der Waals surface area contributed by atoms with E-state index in [9.17, 15) is 4.79 Å². The molecule has 0 amide bonds. The number of rotatable bonds is 7. The van der Waals surface area contributed by atoms with Crippen LogP contribution in [-0.4, -0.2) is 28.6 Å². The second-order valence-corrected chi connectivity index (χ2v) is 6.86. The Balaban J connectivity index is 1.70. The highest BCUT2D eigenvalue weighted by molar-refractivity contribution is 6.35. The van der Waals surface area contributed by atoms with Crippen molar-refractivity contribution in [3.8, 4) is 5.75 Å². The Morgan fingerprint density at radius 3 is 2.81 bits per heavy atom. The molecule has 142 valence electrons. The van der Waals surface area contributed by atoms with Gasteiger partial charge in [0.15, 0.2) is 17.1 Å². The van der Waals surface area contributed by atoms with Gasteiger partial charge < -0.3 is 9.47 Å². The summed E-state index contributed by atoms with van der Waals surface area (Å²) in [6.45, 7) is 4.37. The average molecular weight is 407 g/mol. The van der Waals surface area contributed by atoms with E-state index >= 15 is 0 Å². The van der Waals surface area contributed by atoms with Crippen LogP contribution in [0.4, 0.5) is 0 Å². The van der Waals surface area contributed by atoms with Crippen LogP contribution >= 0.6 is 23.2 Å². The van der Waals surface area contributed by atoms with Crippen molar-refractivity contribution in [3.63, 3.8) is 0 Å². The third-order valence-corrected chi connectivity index (χ3v) is 4.71. The van der Waals surface area contributed by atoms with Crippen molar-refractivity contribution in [2.24, 2.45) is 0 Å². The molecule has 0 spiro atoms. The standard InChI is InChI=1S/C20H20Cl2N2O3/c1-3-26-20(25)18-13(2)23-19-17(7-4-10-24(18)19)27-11-5-6-14-8-9-15(21)12-16(14)22/h4,7-10,12H,3,5-6,11H2,1-2H3. The topological polar surface area (TPSA) is 52.8 Å². The Labute approximate surface area is 167 Å². The number of fused-ring (bicyclic) bond motifs is 1. The molecule has 0 aliphatic carbocycles. The van der Waals surface area contributed by atoms with Crippen LogP contribution in [0.25, 0.3) is 5.65 Å². The Morgan fingerprint density at radius 2 is 2.07 bits per heavy atom. The lowest BCUT2D eigenvalue weighted by Crippen LogP contribution is -2.09. The van der Waals surface area contributed by atoms with E-state index in [0.717, 1.165) is 18.4 Å². The maximum Gasteiger partial charge on any atom is 0.357 e. The van der Waals surface area contributed by atoms with E-state index in [-0.39, 0.29) is 0 Å². The number of carbonyl (C=O) groups is 1. The number of benzene rings is 1. The smallest absolute Gasteiger partial charge is 0.357 e. The Hall–Kier alpha value is -2.24. The fraction of sp³-hybridized carbons (Fsp3) is 0.300. The number of hydrogen-bond acceptors (Lipinski definition) is 4. The van der Waals surface area contributed by atoms with E-state index in [1.807, 2.05) is 24.3 Å². The van der Waals surface area contributed by atoms with Crippen LogP contribution < -0.4 is 4.74 Å². The molecule has 0 saturated carbocycles. The van der Waals surface area contributed by atoms with Crippen LogP contribution in [0, 0.1) is 6.92 Å². The van der Waals surface area contributed by atoms with Crippen LogP contribution in [0.3, 0.4) is 0 Å². The third kappa shape index (κ3) is 4.37. The van der Waals surface area contributed by atoms with Crippen molar-refractivity contribution in [3.05, 3.63) is 63.5 Å². The first-order chi connectivity index (χ1) is 13.0. The Kier molecular flexibility index (Phi) is 6.24.